The van der Waals surface area contributed by atoms with Crippen LogP contribution >= 0.6 is 11.8 Å². The van der Waals surface area contributed by atoms with Gasteiger partial charge in [-0.3, -0.25) is 14.4 Å². The van der Waals surface area contributed by atoms with Crippen LogP contribution in [0.4, 0.5) is 0 Å². The normalized spacial score (nSPS) is 14.5. The third-order valence-corrected chi connectivity index (χ3v) is 6.52. The zero-order valence-corrected chi connectivity index (χ0v) is 22.7. The van der Waals surface area contributed by atoms with Gasteiger partial charge in [-0.2, -0.15) is 0 Å². The number of esters is 2. The van der Waals surface area contributed by atoms with Gasteiger partial charge in [0, 0.05) is 17.4 Å². The average Bonchev–Trinajstić information content (AvgIpc) is 2.88. The van der Waals surface area contributed by atoms with Gasteiger partial charge in [0.25, 0.3) is 0 Å². The van der Waals surface area contributed by atoms with Crippen LogP contribution in [0.2, 0.25) is 0 Å². The van der Waals surface area contributed by atoms with E-state index in [2.05, 4.69) is 39.9 Å². The van der Waals surface area contributed by atoms with Crippen molar-refractivity contribution in [3.05, 3.63) is 48.6 Å². The number of aliphatic hydroxyl groups excluding tert-OH is 1. The van der Waals surface area contributed by atoms with E-state index in [0.29, 0.717) is 12.8 Å². The van der Waals surface area contributed by atoms with Crippen LogP contribution in [0.25, 0.3) is 0 Å². The second kappa shape index (κ2) is 23.1. The van der Waals surface area contributed by atoms with E-state index < -0.39 is 24.0 Å². The largest absolute Gasteiger partial charge is 0.469 e. The molecule has 0 aliphatic carbocycles. The molecule has 36 heavy (non-hydrogen) atoms. The SMILES string of the molecule is CCCCC/C=C\C\C=C/C=C/C=C/[C@H](SCC(N)C(=O)NCC(=O)OC)[C@H](O)CCCC(=O)OC. The molecule has 0 aromatic carbocycles. The lowest BCUT2D eigenvalue weighted by molar-refractivity contribution is -0.141. The van der Waals surface area contributed by atoms with E-state index in [1.165, 1.54) is 45.2 Å². The molecule has 0 rings (SSSR count). The molecule has 0 bridgehead atoms. The van der Waals surface area contributed by atoms with Gasteiger partial charge in [0.15, 0.2) is 0 Å². The van der Waals surface area contributed by atoms with E-state index in [1.54, 1.807) is 0 Å². The van der Waals surface area contributed by atoms with Crippen molar-refractivity contribution < 1.29 is 29.0 Å². The molecule has 0 fully saturated rings. The third-order valence-electron chi connectivity index (χ3n) is 5.11. The summed E-state index contributed by atoms with van der Waals surface area (Å²) in [6.45, 7) is 1.95. The second-order valence-corrected chi connectivity index (χ2v) is 9.35. The number of methoxy groups -OCH3 is 2. The smallest absolute Gasteiger partial charge is 0.325 e. The summed E-state index contributed by atoms with van der Waals surface area (Å²) in [7, 11) is 2.57. The summed E-state index contributed by atoms with van der Waals surface area (Å²) in [5.74, 6) is -1.12. The van der Waals surface area contributed by atoms with Crippen LogP contribution < -0.4 is 11.1 Å². The molecule has 0 aromatic heterocycles. The Morgan fingerprint density at radius 2 is 1.69 bits per heavy atom. The van der Waals surface area contributed by atoms with Crippen LogP contribution in [0.1, 0.15) is 58.3 Å². The summed E-state index contributed by atoms with van der Waals surface area (Å²) in [5.41, 5.74) is 5.94. The highest BCUT2D eigenvalue weighted by atomic mass is 32.2. The Balaban J connectivity index is 4.78. The molecule has 4 N–H and O–H groups in total. The molecule has 3 atom stereocenters. The lowest BCUT2D eigenvalue weighted by Gasteiger charge is -2.21. The minimum atomic E-state index is -0.855. The van der Waals surface area contributed by atoms with Gasteiger partial charge in [-0.05, 0) is 32.1 Å². The maximum absolute atomic E-state index is 12.1. The van der Waals surface area contributed by atoms with Gasteiger partial charge in [-0.1, -0.05) is 68.4 Å². The highest BCUT2D eigenvalue weighted by molar-refractivity contribution is 8.00. The van der Waals surface area contributed by atoms with Gasteiger partial charge in [0.05, 0.1) is 26.4 Å². The summed E-state index contributed by atoms with van der Waals surface area (Å²) in [4.78, 5) is 34.6. The number of thioether (sulfide) groups is 1. The molecular formula is C27H44N2O6S. The second-order valence-electron chi connectivity index (χ2n) is 8.13. The Labute approximate surface area is 220 Å². The molecule has 9 heteroatoms. The van der Waals surface area contributed by atoms with Crippen molar-refractivity contribution >= 4 is 29.6 Å². The summed E-state index contributed by atoms with van der Waals surface area (Å²) in [5, 5.41) is 12.8. The number of aliphatic hydroxyl groups is 1. The molecule has 0 radical (unpaired) electrons. The molecule has 204 valence electrons. The molecule has 0 aromatic rings. The van der Waals surface area contributed by atoms with Gasteiger partial charge in [-0.25, -0.2) is 0 Å². The van der Waals surface area contributed by atoms with Crippen molar-refractivity contribution in [1.29, 1.82) is 0 Å². The van der Waals surface area contributed by atoms with Crippen LogP contribution in [0.15, 0.2) is 48.6 Å². The number of rotatable bonds is 20. The molecular weight excluding hydrogens is 480 g/mol. The van der Waals surface area contributed by atoms with Crippen LogP contribution in [0.3, 0.4) is 0 Å². The number of hydrogen-bond donors (Lipinski definition) is 3. The first-order chi connectivity index (χ1) is 17.3. The van der Waals surface area contributed by atoms with Crippen molar-refractivity contribution in [2.24, 2.45) is 5.73 Å². The molecule has 0 aliphatic rings. The first kappa shape index (κ1) is 33.6. The number of amides is 1. The Hall–Kier alpha value is -2.36. The predicted octanol–water partition coefficient (Wildman–Crippen LogP) is 3.60. The van der Waals surface area contributed by atoms with Crippen molar-refractivity contribution in [2.75, 3.05) is 26.5 Å². The number of carbonyl (C=O) groups excluding carboxylic acids is 3. The van der Waals surface area contributed by atoms with Crippen LogP contribution in [-0.2, 0) is 23.9 Å². The number of unbranched alkanes of at least 4 members (excludes halogenated alkanes) is 3. The lowest BCUT2D eigenvalue weighted by Crippen LogP contribution is -2.44. The highest BCUT2D eigenvalue weighted by Crippen LogP contribution is 2.21. The van der Waals surface area contributed by atoms with Crippen LogP contribution in [0.5, 0.6) is 0 Å². The number of allylic oxidation sites excluding steroid dienone is 7. The van der Waals surface area contributed by atoms with E-state index in [0.717, 1.165) is 12.8 Å². The number of carbonyl (C=O) groups is 3. The molecule has 0 spiro atoms. The summed E-state index contributed by atoms with van der Waals surface area (Å²) in [6.07, 6.45) is 22.0. The lowest BCUT2D eigenvalue weighted by atomic mass is 10.1. The standard InChI is InChI=1S/C27H44N2O6S/c1-4-5-6-7-8-9-10-11-12-13-14-15-18-24(23(30)17-16-19-25(31)34-2)36-21-22(28)27(33)29-20-26(32)35-3/h8-9,11-15,18,22-24,30H,4-7,10,16-17,19-21,28H2,1-3H3,(H,29,33)/b9-8-,12-11-,14-13+,18-15+/t22?,23-,24+/m1/s1. The third kappa shape index (κ3) is 18.9. The predicted molar refractivity (Wildman–Crippen MR) is 146 cm³/mol. The highest BCUT2D eigenvalue weighted by Gasteiger charge is 2.21. The summed E-state index contributed by atoms with van der Waals surface area (Å²) in [6, 6.07) is -0.855. The number of nitrogens with one attached hydrogen (secondary N) is 1. The van der Waals surface area contributed by atoms with Crippen molar-refractivity contribution in [2.45, 2.75) is 75.7 Å². The summed E-state index contributed by atoms with van der Waals surface area (Å²) < 4.78 is 9.13. The van der Waals surface area contributed by atoms with Crippen molar-refractivity contribution in [1.82, 2.24) is 5.32 Å². The van der Waals surface area contributed by atoms with E-state index in [9.17, 15) is 19.5 Å². The zero-order valence-electron chi connectivity index (χ0n) is 21.9. The number of hydrogen-bond acceptors (Lipinski definition) is 8. The number of nitrogens with two attached hydrogens (primary N) is 1. The van der Waals surface area contributed by atoms with Gasteiger partial charge < -0.3 is 25.6 Å². The molecule has 0 heterocycles. The fraction of sp³-hybridized carbons (Fsp3) is 0.593. The van der Waals surface area contributed by atoms with Crippen LogP contribution in [-0.4, -0.2) is 66.9 Å². The number of ether oxygens (including phenoxy) is 2. The minimum Gasteiger partial charge on any atom is -0.469 e. The Morgan fingerprint density at radius 3 is 2.39 bits per heavy atom. The summed E-state index contributed by atoms with van der Waals surface area (Å²) >= 11 is 1.34. The molecule has 8 nitrogen and oxygen atoms in total. The fourth-order valence-electron chi connectivity index (χ4n) is 2.93. The van der Waals surface area contributed by atoms with Crippen molar-refractivity contribution in [3.8, 4) is 0 Å². The van der Waals surface area contributed by atoms with Gasteiger partial charge >= 0.3 is 11.9 Å². The maximum atomic E-state index is 12.1. The first-order valence-corrected chi connectivity index (χ1v) is 13.5. The average molecular weight is 525 g/mol. The topological polar surface area (TPSA) is 128 Å². The molecule has 0 saturated heterocycles. The van der Waals surface area contributed by atoms with Gasteiger partial charge in [-0.15, -0.1) is 11.8 Å². The van der Waals surface area contributed by atoms with E-state index >= 15 is 0 Å². The fourth-order valence-corrected chi connectivity index (χ4v) is 4.07. The molecule has 0 aliphatic heterocycles. The maximum Gasteiger partial charge on any atom is 0.325 e. The minimum absolute atomic E-state index is 0.224. The van der Waals surface area contributed by atoms with Crippen LogP contribution in [0, 0.1) is 0 Å². The van der Waals surface area contributed by atoms with Gasteiger partial charge in [0.2, 0.25) is 5.91 Å². The Morgan fingerprint density at radius 1 is 0.972 bits per heavy atom. The quantitative estimate of drug-likeness (QED) is 0.0954. The van der Waals surface area contributed by atoms with E-state index in [1.807, 2.05) is 30.4 Å². The van der Waals surface area contributed by atoms with Gasteiger partial charge in [0.1, 0.15) is 6.54 Å². The molecule has 0 saturated carbocycles. The van der Waals surface area contributed by atoms with E-state index in [4.69, 9.17) is 5.73 Å². The Kier molecular flexibility index (Phi) is 21.6. The monoisotopic (exact) mass is 524 g/mol. The molecule has 1 amide bonds. The van der Waals surface area contributed by atoms with Crippen molar-refractivity contribution in [3.63, 3.8) is 0 Å². The van der Waals surface area contributed by atoms with E-state index in [-0.39, 0.29) is 29.9 Å². The molecule has 1 unspecified atom stereocenters. The Bertz CT molecular complexity index is 736. The zero-order chi connectivity index (χ0) is 27.0. The first-order valence-electron chi connectivity index (χ1n) is 12.5.